The number of methoxy groups -OCH3 is 1. The number of hydrogen-bond donors (Lipinski definition) is 0. The molecule has 1 aromatic carbocycles. The van der Waals surface area contributed by atoms with E-state index in [1.54, 1.807) is 13.2 Å². The number of allylic oxidation sites excluding steroid dienone is 3. The van der Waals surface area contributed by atoms with Gasteiger partial charge in [0.05, 0.1) is 7.11 Å². The van der Waals surface area contributed by atoms with Crippen LogP contribution in [0.3, 0.4) is 0 Å². The summed E-state index contributed by atoms with van der Waals surface area (Å²) < 4.78 is 5.31. The molecule has 0 fully saturated rings. The molecule has 0 saturated heterocycles. The molecule has 2 rings (SSSR count). The molecule has 2 nitrogen and oxygen atoms in total. The third-order valence-electron chi connectivity index (χ3n) is 3.30. The van der Waals surface area contributed by atoms with Crippen LogP contribution in [0, 0.1) is 5.41 Å². The van der Waals surface area contributed by atoms with Gasteiger partial charge in [0.1, 0.15) is 5.75 Å². The van der Waals surface area contributed by atoms with E-state index in [1.807, 2.05) is 36.4 Å². The Labute approximate surface area is 114 Å². The SMILES string of the molecule is COc1ccccc1C=CC1=CC(=O)CC(C)(C)C1. The highest BCUT2D eigenvalue weighted by molar-refractivity contribution is 5.92. The zero-order chi connectivity index (χ0) is 13.9. The monoisotopic (exact) mass is 256 g/mol. The average Bonchev–Trinajstić information content (AvgIpc) is 2.34. The summed E-state index contributed by atoms with van der Waals surface area (Å²) in [5.74, 6) is 1.07. The highest BCUT2D eigenvalue weighted by atomic mass is 16.5. The molecule has 0 atom stereocenters. The van der Waals surface area contributed by atoms with Crippen molar-refractivity contribution in [2.24, 2.45) is 5.41 Å². The fraction of sp³-hybridized carbons (Fsp3) is 0.353. The van der Waals surface area contributed by atoms with E-state index in [0.29, 0.717) is 6.42 Å². The second-order valence-corrected chi connectivity index (χ2v) is 5.78. The van der Waals surface area contributed by atoms with Gasteiger partial charge >= 0.3 is 0 Å². The third-order valence-corrected chi connectivity index (χ3v) is 3.30. The Balaban J connectivity index is 2.21. The summed E-state index contributed by atoms with van der Waals surface area (Å²) in [6, 6.07) is 7.87. The Bertz CT molecular complexity index is 536. The van der Waals surface area contributed by atoms with Crippen molar-refractivity contribution in [3.05, 3.63) is 47.6 Å². The number of benzene rings is 1. The summed E-state index contributed by atoms with van der Waals surface area (Å²) in [5, 5.41) is 0. The van der Waals surface area contributed by atoms with Crippen LogP contribution in [0.1, 0.15) is 32.3 Å². The van der Waals surface area contributed by atoms with Gasteiger partial charge < -0.3 is 4.74 Å². The molecular formula is C17H20O2. The summed E-state index contributed by atoms with van der Waals surface area (Å²) in [5.41, 5.74) is 2.18. The lowest BCUT2D eigenvalue weighted by Gasteiger charge is -2.27. The molecule has 1 aromatic rings. The number of carbonyl (C=O) groups is 1. The molecule has 1 aliphatic carbocycles. The van der Waals surface area contributed by atoms with Crippen LogP contribution in [0.2, 0.25) is 0 Å². The van der Waals surface area contributed by atoms with Crippen molar-refractivity contribution in [2.75, 3.05) is 7.11 Å². The Morgan fingerprint density at radius 2 is 1.89 bits per heavy atom. The molecule has 0 heterocycles. The number of hydrogen-bond acceptors (Lipinski definition) is 2. The van der Waals surface area contributed by atoms with Gasteiger partial charge in [0.25, 0.3) is 0 Å². The molecule has 0 aliphatic heterocycles. The molecule has 0 bridgehead atoms. The van der Waals surface area contributed by atoms with E-state index in [1.165, 1.54) is 0 Å². The van der Waals surface area contributed by atoms with Gasteiger partial charge in [-0.25, -0.2) is 0 Å². The lowest BCUT2D eigenvalue weighted by molar-refractivity contribution is -0.116. The molecule has 100 valence electrons. The lowest BCUT2D eigenvalue weighted by Crippen LogP contribution is -2.21. The van der Waals surface area contributed by atoms with E-state index < -0.39 is 0 Å². The second kappa shape index (κ2) is 5.43. The van der Waals surface area contributed by atoms with E-state index in [-0.39, 0.29) is 11.2 Å². The number of para-hydroxylation sites is 1. The quantitative estimate of drug-likeness (QED) is 0.816. The minimum absolute atomic E-state index is 0.0618. The summed E-state index contributed by atoms with van der Waals surface area (Å²) in [4.78, 5) is 11.7. The topological polar surface area (TPSA) is 26.3 Å². The van der Waals surface area contributed by atoms with Gasteiger partial charge in [-0.3, -0.25) is 4.79 Å². The van der Waals surface area contributed by atoms with Gasteiger partial charge in [0, 0.05) is 12.0 Å². The van der Waals surface area contributed by atoms with Gasteiger partial charge in [-0.1, -0.05) is 44.2 Å². The van der Waals surface area contributed by atoms with Crippen LogP contribution in [0.4, 0.5) is 0 Å². The average molecular weight is 256 g/mol. The first-order valence-electron chi connectivity index (χ1n) is 6.55. The predicted octanol–water partition coefficient (Wildman–Crippen LogP) is 4.02. The smallest absolute Gasteiger partial charge is 0.156 e. The van der Waals surface area contributed by atoms with Gasteiger partial charge in [0.2, 0.25) is 0 Å². The normalized spacial score (nSPS) is 18.5. The summed E-state index contributed by atoms with van der Waals surface area (Å²) in [6.45, 7) is 4.27. The van der Waals surface area contributed by atoms with E-state index in [9.17, 15) is 4.79 Å². The maximum Gasteiger partial charge on any atom is 0.156 e. The first-order chi connectivity index (χ1) is 9.00. The maximum atomic E-state index is 11.7. The fourth-order valence-corrected chi connectivity index (χ4v) is 2.50. The van der Waals surface area contributed by atoms with Crippen LogP contribution in [-0.4, -0.2) is 12.9 Å². The number of rotatable bonds is 3. The summed E-state index contributed by atoms with van der Waals surface area (Å²) in [7, 11) is 1.67. The molecule has 0 aromatic heterocycles. The Kier molecular flexibility index (Phi) is 3.89. The molecular weight excluding hydrogens is 236 g/mol. The van der Waals surface area contributed by atoms with E-state index in [0.717, 1.165) is 23.3 Å². The third kappa shape index (κ3) is 3.57. The van der Waals surface area contributed by atoms with Crippen LogP contribution in [0.5, 0.6) is 5.75 Å². The fourth-order valence-electron chi connectivity index (χ4n) is 2.50. The maximum absolute atomic E-state index is 11.7. The van der Waals surface area contributed by atoms with Gasteiger partial charge in [-0.2, -0.15) is 0 Å². The van der Waals surface area contributed by atoms with Crippen molar-refractivity contribution in [3.63, 3.8) is 0 Å². The molecule has 19 heavy (non-hydrogen) atoms. The van der Waals surface area contributed by atoms with Crippen molar-refractivity contribution < 1.29 is 9.53 Å². The van der Waals surface area contributed by atoms with Crippen molar-refractivity contribution in [1.29, 1.82) is 0 Å². The standard InChI is InChI=1S/C17H20O2/c1-17(2)11-13(10-15(18)12-17)8-9-14-6-4-5-7-16(14)19-3/h4-10H,11-12H2,1-3H3. The largest absolute Gasteiger partial charge is 0.496 e. The van der Waals surface area contributed by atoms with Gasteiger partial charge in [-0.05, 0) is 29.6 Å². The molecule has 0 radical (unpaired) electrons. The Hall–Kier alpha value is -1.83. The minimum Gasteiger partial charge on any atom is -0.496 e. The van der Waals surface area contributed by atoms with Crippen molar-refractivity contribution >= 4 is 11.9 Å². The molecule has 2 heteroatoms. The van der Waals surface area contributed by atoms with Crippen LogP contribution in [0.15, 0.2) is 42.0 Å². The van der Waals surface area contributed by atoms with Crippen molar-refractivity contribution in [2.45, 2.75) is 26.7 Å². The van der Waals surface area contributed by atoms with Gasteiger partial charge in [-0.15, -0.1) is 0 Å². The zero-order valence-electron chi connectivity index (χ0n) is 11.8. The Morgan fingerprint density at radius 3 is 2.58 bits per heavy atom. The van der Waals surface area contributed by atoms with Crippen LogP contribution < -0.4 is 4.74 Å². The lowest BCUT2D eigenvalue weighted by atomic mass is 9.77. The van der Waals surface area contributed by atoms with Crippen LogP contribution in [0.25, 0.3) is 6.08 Å². The molecule has 0 saturated carbocycles. The van der Waals surface area contributed by atoms with E-state index >= 15 is 0 Å². The zero-order valence-corrected chi connectivity index (χ0v) is 11.8. The van der Waals surface area contributed by atoms with Crippen LogP contribution >= 0.6 is 0 Å². The highest BCUT2D eigenvalue weighted by Crippen LogP contribution is 2.34. The Morgan fingerprint density at radius 1 is 1.16 bits per heavy atom. The van der Waals surface area contributed by atoms with Crippen LogP contribution in [-0.2, 0) is 4.79 Å². The highest BCUT2D eigenvalue weighted by Gasteiger charge is 2.26. The number of ether oxygens (including phenoxy) is 1. The summed E-state index contributed by atoms with van der Waals surface area (Å²) >= 11 is 0. The first kappa shape index (κ1) is 13.6. The molecule has 0 unspecified atom stereocenters. The molecule has 0 N–H and O–H groups in total. The number of carbonyl (C=O) groups excluding carboxylic acids is 1. The first-order valence-corrected chi connectivity index (χ1v) is 6.55. The van der Waals surface area contributed by atoms with E-state index in [4.69, 9.17) is 4.74 Å². The summed E-state index contributed by atoms with van der Waals surface area (Å²) in [6.07, 6.45) is 7.37. The molecule has 1 aliphatic rings. The van der Waals surface area contributed by atoms with Crippen molar-refractivity contribution in [3.8, 4) is 5.75 Å². The molecule has 0 amide bonds. The number of ketones is 1. The predicted molar refractivity (Wildman–Crippen MR) is 78.1 cm³/mol. The van der Waals surface area contributed by atoms with Gasteiger partial charge in [0.15, 0.2) is 5.78 Å². The van der Waals surface area contributed by atoms with E-state index in [2.05, 4.69) is 13.8 Å². The molecule has 0 spiro atoms. The second-order valence-electron chi connectivity index (χ2n) is 5.78. The van der Waals surface area contributed by atoms with Crippen molar-refractivity contribution in [1.82, 2.24) is 0 Å². The minimum atomic E-state index is 0.0618.